The van der Waals surface area contributed by atoms with Crippen LogP contribution in [0.25, 0.3) is 4.85 Å². The van der Waals surface area contributed by atoms with Crippen molar-refractivity contribution < 1.29 is 9.76 Å². The number of ether oxygens (including phenoxy) is 1. The van der Waals surface area contributed by atoms with Crippen molar-refractivity contribution in [3.63, 3.8) is 0 Å². The van der Waals surface area contributed by atoms with Crippen LogP contribution in [0.4, 0.5) is 5.69 Å². The lowest BCUT2D eigenvalue weighted by Gasteiger charge is -2.32. The van der Waals surface area contributed by atoms with Gasteiger partial charge in [-0.1, -0.05) is 0 Å². The zero-order chi connectivity index (χ0) is 13.0. The summed E-state index contributed by atoms with van der Waals surface area (Å²) in [6, 6.07) is 3.44. The Balaban J connectivity index is 1.86. The van der Waals surface area contributed by atoms with Crippen LogP contribution in [0, 0.1) is 6.57 Å². The lowest BCUT2D eigenvalue weighted by Crippen LogP contribution is -2.45. The van der Waals surface area contributed by atoms with Crippen LogP contribution in [0.5, 0.6) is 5.88 Å². The van der Waals surface area contributed by atoms with E-state index < -0.39 is 0 Å². The largest absolute Gasteiger partial charge is 0.474 e. The number of pyridine rings is 1. The van der Waals surface area contributed by atoms with Gasteiger partial charge in [0.05, 0.1) is 6.57 Å². The second-order valence-corrected chi connectivity index (χ2v) is 4.45. The highest BCUT2D eigenvalue weighted by Crippen LogP contribution is 2.19. The predicted molar refractivity (Wildman–Crippen MR) is 69.6 cm³/mol. The molecule has 0 radical (unpaired) electrons. The molecule has 1 N–H and O–H groups in total. The maximum Gasteiger partial charge on any atom is 0.376 e. The molecule has 1 aromatic heterocycles. The second kappa shape index (κ2) is 5.85. The number of rotatable bonds is 3. The van der Waals surface area contributed by atoms with Gasteiger partial charge in [0.15, 0.2) is 0 Å². The molecule has 2 rings (SSSR count). The van der Waals surface area contributed by atoms with E-state index in [0.29, 0.717) is 11.6 Å². The Morgan fingerprint density at radius 1 is 1.50 bits per heavy atom. The van der Waals surface area contributed by atoms with E-state index in [0.717, 1.165) is 25.9 Å². The highest BCUT2D eigenvalue weighted by atomic mass is 16.5. The second-order valence-electron chi connectivity index (χ2n) is 4.45. The maximum absolute atomic E-state index is 9.46. The maximum atomic E-state index is 9.46. The molecule has 0 amide bonds. The van der Waals surface area contributed by atoms with E-state index in [9.17, 15) is 5.02 Å². The third-order valence-corrected chi connectivity index (χ3v) is 3.14. The average Bonchev–Trinajstić information content (AvgIpc) is 2.40. The van der Waals surface area contributed by atoms with E-state index in [-0.39, 0.29) is 13.2 Å². The van der Waals surface area contributed by atoms with Crippen LogP contribution in [0.3, 0.4) is 0 Å². The zero-order valence-electron chi connectivity index (χ0n) is 10.4. The summed E-state index contributed by atoms with van der Waals surface area (Å²) in [7, 11) is -0.387. The van der Waals surface area contributed by atoms with E-state index in [1.165, 1.54) is 6.20 Å². The number of hydrogen-bond donors (Lipinski definition) is 1. The van der Waals surface area contributed by atoms with Crippen LogP contribution in [-0.2, 0) is 0 Å². The summed E-state index contributed by atoms with van der Waals surface area (Å²) in [6.07, 6.45) is 3.44. The Hall–Kier alpha value is -1.58. The molecular formula is C12H16BN3O2. The summed E-state index contributed by atoms with van der Waals surface area (Å²) < 4.78 is 5.76. The number of piperidine rings is 1. The molecule has 1 saturated heterocycles. The standard InChI is InChI=1S/C12H16BN3O2/c1-13(17)16-7-5-11(6-8-16)18-12-4-3-10(14-2)9-15-12/h3-4,9,11,17H,5-8H2,1H3. The topological polar surface area (TPSA) is 50.0 Å². The van der Waals surface area contributed by atoms with Crippen molar-refractivity contribution in [2.75, 3.05) is 13.1 Å². The highest BCUT2D eigenvalue weighted by molar-refractivity contribution is 6.45. The quantitative estimate of drug-likeness (QED) is 0.648. The summed E-state index contributed by atoms with van der Waals surface area (Å²) in [4.78, 5) is 9.41. The van der Waals surface area contributed by atoms with Crippen molar-refractivity contribution in [2.24, 2.45) is 0 Å². The number of nitrogens with zero attached hydrogens (tertiary/aromatic N) is 3. The van der Waals surface area contributed by atoms with Gasteiger partial charge in [-0.3, -0.25) is 0 Å². The van der Waals surface area contributed by atoms with Crippen LogP contribution in [0.1, 0.15) is 12.8 Å². The fourth-order valence-corrected chi connectivity index (χ4v) is 2.05. The Kier molecular flexibility index (Phi) is 4.18. The van der Waals surface area contributed by atoms with Crippen molar-refractivity contribution in [2.45, 2.75) is 25.8 Å². The fraction of sp³-hybridized carbons (Fsp3) is 0.500. The highest BCUT2D eigenvalue weighted by Gasteiger charge is 2.24. The van der Waals surface area contributed by atoms with Gasteiger partial charge in [0.25, 0.3) is 0 Å². The minimum Gasteiger partial charge on any atom is -0.474 e. The molecule has 0 spiro atoms. The van der Waals surface area contributed by atoms with Gasteiger partial charge in [-0.05, 0) is 44.9 Å². The summed E-state index contributed by atoms with van der Waals surface area (Å²) in [5.74, 6) is 0.567. The number of hydrogen-bond acceptors (Lipinski definition) is 4. The normalized spacial score (nSPS) is 17.2. The first-order chi connectivity index (χ1) is 8.69. The first kappa shape index (κ1) is 12.9. The third-order valence-electron chi connectivity index (χ3n) is 3.14. The summed E-state index contributed by atoms with van der Waals surface area (Å²) >= 11 is 0. The summed E-state index contributed by atoms with van der Waals surface area (Å²) in [5, 5.41) is 9.46. The molecule has 5 nitrogen and oxygen atoms in total. The van der Waals surface area contributed by atoms with Gasteiger partial charge in [-0.2, -0.15) is 0 Å². The average molecular weight is 245 g/mol. The van der Waals surface area contributed by atoms with Gasteiger partial charge in [-0.15, -0.1) is 0 Å². The van der Waals surface area contributed by atoms with Crippen molar-refractivity contribution in [1.29, 1.82) is 0 Å². The Bertz CT molecular complexity index is 422. The van der Waals surface area contributed by atoms with Crippen LogP contribution in [-0.4, -0.2) is 41.1 Å². The van der Waals surface area contributed by atoms with Gasteiger partial charge in [0, 0.05) is 6.20 Å². The molecule has 0 bridgehead atoms. The zero-order valence-corrected chi connectivity index (χ0v) is 10.4. The minimum atomic E-state index is -0.387. The predicted octanol–water partition coefficient (Wildman–Crippen LogP) is 1.59. The first-order valence-electron chi connectivity index (χ1n) is 6.11. The third kappa shape index (κ3) is 3.22. The molecule has 0 aliphatic carbocycles. The van der Waals surface area contributed by atoms with Gasteiger partial charge >= 0.3 is 7.05 Å². The number of aromatic nitrogens is 1. The van der Waals surface area contributed by atoms with E-state index in [2.05, 4.69) is 9.83 Å². The van der Waals surface area contributed by atoms with Crippen molar-refractivity contribution in [1.82, 2.24) is 9.79 Å². The van der Waals surface area contributed by atoms with Crippen LogP contribution < -0.4 is 4.74 Å². The molecule has 94 valence electrons. The van der Waals surface area contributed by atoms with E-state index in [4.69, 9.17) is 11.3 Å². The van der Waals surface area contributed by atoms with Crippen molar-refractivity contribution in [3.8, 4) is 5.88 Å². The smallest absolute Gasteiger partial charge is 0.376 e. The molecular weight excluding hydrogens is 229 g/mol. The molecule has 0 unspecified atom stereocenters. The molecule has 1 aliphatic heterocycles. The Labute approximate surface area is 107 Å². The summed E-state index contributed by atoms with van der Waals surface area (Å²) in [6.45, 7) is 10.3. The molecule has 0 saturated carbocycles. The lowest BCUT2D eigenvalue weighted by molar-refractivity contribution is 0.123. The van der Waals surface area contributed by atoms with Crippen LogP contribution in [0.15, 0.2) is 18.3 Å². The fourth-order valence-electron chi connectivity index (χ4n) is 2.05. The van der Waals surface area contributed by atoms with Gasteiger partial charge in [-0.25, -0.2) is 9.83 Å². The molecule has 0 aromatic carbocycles. The minimum absolute atomic E-state index is 0.145. The molecule has 1 fully saturated rings. The molecule has 6 heteroatoms. The van der Waals surface area contributed by atoms with Gasteiger partial charge in [0.1, 0.15) is 6.10 Å². The van der Waals surface area contributed by atoms with E-state index in [1.807, 2.05) is 4.81 Å². The van der Waals surface area contributed by atoms with E-state index in [1.54, 1.807) is 19.0 Å². The monoisotopic (exact) mass is 245 g/mol. The van der Waals surface area contributed by atoms with Crippen LogP contribution >= 0.6 is 0 Å². The molecule has 1 aliphatic rings. The van der Waals surface area contributed by atoms with Crippen molar-refractivity contribution in [3.05, 3.63) is 29.7 Å². The lowest BCUT2D eigenvalue weighted by atomic mass is 9.82. The van der Waals surface area contributed by atoms with Crippen LogP contribution in [0.2, 0.25) is 6.82 Å². The van der Waals surface area contributed by atoms with E-state index >= 15 is 0 Å². The van der Waals surface area contributed by atoms with Gasteiger partial charge in [0.2, 0.25) is 11.6 Å². The Morgan fingerprint density at radius 2 is 2.22 bits per heavy atom. The van der Waals surface area contributed by atoms with Crippen molar-refractivity contribution >= 4 is 12.7 Å². The Morgan fingerprint density at radius 3 is 2.72 bits per heavy atom. The van der Waals surface area contributed by atoms with Gasteiger partial charge < -0.3 is 14.6 Å². The first-order valence-corrected chi connectivity index (χ1v) is 6.11. The summed E-state index contributed by atoms with van der Waals surface area (Å²) in [5.41, 5.74) is 0.520. The molecule has 1 aromatic rings. The molecule has 18 heavy (non-hydrogen) atoms. The molecule has 0 atom stereocenters. The SMILES string of the molecule is [C-]#[N+]c1ccc(OC2CCN(B(C)O)CC2)nc1. The molecule has 2 heterocycles.